The molecule has 0 bridgehead atoms. The van der Waals surface area contributed by atoms with Crippen LogP contribution in [-0.2, 0) is 18.4 Å². The Morgan fingerprint density at radius 1 is 1.12 bits per heavy atom. The summed E-state index contributed by atoms with van der Waals surface area (Å²) in [5, 5.41) is 0.249. The van der Waals surface area contributed by atoms with Gasteiger partial charge in [-0.1, -0.05) is 94.8 Å². The van der Waals surface area contributed by atoms with E-state index in [0.29, 0.717) is 6.42 Å². The molecule has 1 fully saturated rings. The fourth-order valence-electron chi connectivity index (χ4n) is 4.67. The number of hydrogen-bond donors (Lipinski definition) is 0. The van der Waals surface area contributed by atoms with Gasteiger partial charge in [-0.25, -0.2) is 0 Å². The van der Waals surface area contributed by atoms with Crippen LogP contribution in [0.1, 0.15) is 93.9 Å². The average molecular weight is 682 g/mol. The molecule has 1 saturated carbocycles. The zero-order chi connectivity index (χ0) is 32.5. The molecule has 0 saturated heterocycles. The quantitative estimate of drug-likeness (QED) is 0.0602. The summed E-state index contributed by atoms with van der Waals surface area (Å²) in [6.07, 6.45) is 11.6. The number of rotatable bonds is 14. The second kappa shape index (κ2) is 16.4. The van der Waals surface area contributed by atoms with E-state index < -0.39 is 16.6 Å². The van der Waals surface area contributed by atoms with Gasteiger partial charge in [-0.2, -0.15) is 0 Å². The molecule has 0 amide bonds. The molecule has 240 valence electrons. The summed E-state index contributed by atoms with van der Waals surface area (Å²) in [5.74, 6) is 6.96. The minimum Gasteiger partial charge on any atom is -0.469 e. The maximum absolute atomic E-state index is 11.5. The Hall–Kier alpha value is -0.916. The van der Waals surface area contributed by atoms with Gasteiger partial charge in [-0.15, -0.1) is 11.8 Å². The number of hydrogen-bond acceptors (Lipinski definition) is 4. The lowest BCUT2D eigenvalue weighted by molar-refractivity contribution is -0.140. The van der Waals surface area contributed by atoms with Crippen molar-refractivity contribution in [2.45, 2.75) is 142 Å². The van der Waals surface area contributed by atoms with E-state index in [9.17, 15) is 4.79 Å². The first-order chi connectivity index (χ1) is 19.2. The molecule has 0 aromatic heterocycles. The third-order valence-electron chi connectivity index (χ3n) is 9.65. The molecule has 0 heterocycles. The summed E-state index contributed by atoms with van der Waals surface area (Å²) in [6.45, 7) is 31.9. The van der Waals surface area contributed by atoms with Crippen LogP contribution < -0.4 is 0 Å². The van der Waals surface area contributed by atoms with Crippen molar-refractivity contribution in [3.63, 3.8) is 0 Å². The maximum atomic E-state index is 11.5. The largest absolute Gasteiger partial charge is 0.469 e. The van der Waals surface area contributed by atoms with Crippen LogP contribution in [0.2, 0.25) is 36.3 Å². The van der Waals surface area contributed by atoms with Gasteiger partial charge in [0.2, 0.25) is 0 Å². The molecule has 0 spiro atoms. The number of halogens is 1. The summed E-state index contributed by atoms with van der Waals surface area (Å²) >= 11 is 3.85. The highest BCUT2D eigenvalue weighted by Crippen LogP contribution is 2.47. The molecular weight excluding hydrogens is 620 g/mol. The van der Waals surface area contributed by atoms with Gasteiger partial charge in [0.05, 0.1) is 19.3 Å². The van der Waals surface area contributed by atoms with E-state index in [-0.39, 0.29) is 46.0 Å². The number of carbonyl (C=O) groups is 1. The van der Waals surface area contributed by atoms with Crippen LogP contribution in [-0.4, -0.2) is 41.9 Å². The Bertz CT molecular complexity index is 1020. The van der Waals surface area contributed by atoms with Gasteiger partial charge in [-0.3, -0.25) is 4.79 Å². The second-order valence-corrected chi connectivity index (χ2v) is 25.7. The van der Waals surface area contributed by atoms with Gasteiger partial charge in [0.15, 0.2) is 16.6 Å². The summed E-state index contributed by atoms with van der Waals surface area (Å²) in [7, 11) is -2.56. The van der Waals surface area contributed by atoms with Gasteiger partial charge in [-0.05, 0) is 85.2 Å². The molecule has 5 atom stereocenters. The van der Waals surface area contributed by atoms with Crippen LogP contribution >= 0.6 is 15.9 Å². The van der Waals surface area contributed by atoms with E-state index in [0.717, 1.165) is 36.6 Å². The standard InChI is InChI=1S/C35H61BrO4Si2/c1-15-16-19-26(2)31(39-41(11,12)34(4,5)6)23-22-29-30(25-28(36)20-17-18-21-33(37)38-10)27(3)24-32(29)40-42(13,14)35(7,8)9/h20,22-23,26,29-32H,3,17-19,21,24-25H2,1-2,4-14H3/b23-22+,28-20-/t26-,29+,30-,31?,32?/m0/s1. The Morgan fingerprint density at radius 2 is 1.71 bits per heavy atom. The minimum atomic E-state index is -2.00. The molecule has 1 rings (SSSR count). The van der Waals surface area contributed by atoms with Crippen LogP contribution in [0.5, 0.6) is 0 Å². The van der Waals surface area contributed by atoms with Gasteiger partial charge in [0, 0.05) is 18.8 Å². The van der Waals surface area contributed by atoms with Crippen LogP contribution in [0.15, 0.2) is 34.9 Å². The molecule has 1 aliphatic carbocycles. The lowest BCUT2D eigenvalue weighted by Crippen LogP contribution is -2.45. The van der Waals surface area contributed by atoms with Crippen molar-refractivity contribution in [3.8, 4) is 11.8 Å². The third kappa shape index (κ3) is 11.9. The SMILES string of the molecule is C=C1CC(O[Si](C)(C)C(C)(C)C)[C@H](/C=C/C(O[Si](C)(C)C(C)(C)C)[C@@H](C)CC#CC)[C@H]1C/C(Br)=C/CCCC(=O)OC. The lowest BCUT2D eigenvalue weighted by atomic mass is 9.88. The Morgan fingerprint density at radius 3 is 2.24 bits per heavy atom. The van der Waals surface area contributed by atoms with Crippen LogP contribution in [0.25, 0.3) is 0 Å². The van der Waals surface area contributed by atoms with E-state index in [2.05, 4.69) is 127 Å². The highest BCUT2D eigenvalue weighted by atomic mass is 79.9. The molecule has 0 N–H and O–H groups in total. The summed E-state index contributed by atoms with van der Waals surface area (Å²) in [6, 6.07) is 0. The Balaban J connectivity index is 3.40. The molecule has 2 unspecified atom stereocenters. The van der Waals surface area contributed by atoms with Gasteiger partial charge >= 0.3 is 5.97 Å². The predicted octanol–water partition coefficient (Wildman–Crippen LogP) is 10.6. The summed E-state index contributed by atoms with van der Waals surface area (Å²) in [4.78, 5) is 11.5. The van der Waals surface area contributed by atoms with E-state index in [1.807, 2.05) is 6.92 Å². The molecule has 0 aromatic rings. The monoisotopic (exact) mass is 680 g/mol. The average Bonchev–Trinajstić information content (AvgIpc) is 3.13. The number of methoxy groups -OCH3 is 1. The van der Waals surface area contributed by atoms with Gasteiger partial charge in [0.1, 0.15) is 0 Å². The predicted molar refractivity (Wildman–Crippen MR) is 189 cm³/mol. The molecule has 4 nitrogen and oxygen atoms in total. The molecule has 0 aromatic carbocycles. The molecule has 7 heteroatoms. The Labute approximate surface area is 269 Å². The zero-order valence-electron chi connectivity index (χ0n) is 29.1. The highest BCUT2D eigenvalue weighted by molar-refractivity contribution is 9.11. The number of allylic oxidation sites excluding steroid dienone is 2. The van der Waals surface area contributed by atoms with E-state index in [1.165, 1.54) is 12.7 Å². The number of unbranched alkanes of at least 4 members (excludes halogenated alkanes) is 1. The van der Waals surface area contributed by atoms with E-state index in [4.69, 9.17) is 13.6 Å². The molecule has 42 heavy (non-hydrogen) atoms. The van der Waals surface area contributed by atoms with E-state index in [1.54, 1.807) is 0 Å². The second-order valence-electron chi connectivity index (χ2n) is 15.1. The van der Waals surface area contributed by atoms with Crippen LogP contribution in [0, 0.1) is 29.6 Å². The topological polar surface area (TPSA) is 44.8 Å². The summed E-state index contributed by atoms with van der Waals surface area (Å²) in [5.41, 5.74) is 1.25. The normalized spacial score (nSPS) is 22.2. The number of ether oxygens (including phenoxy) is 1. The third-order valence-corrected chi connectivity index (χ3v) is 19.3. The van der Waals surface area contributed by atoms with Crippen LogP contribution in [0.4, 0.5) is 0 Å². The van der Waals surface area contributed by atoms with Crippen molar-refractivity contribution in [3.05, 3.63) is 34.9 Å². The van der Waals surface area contributed by atoms with Crippen molar-refractivity contribution in [2.24, 2.45) is 17.8 Å². The smallest absolute Gasteiger partial charge is 0.305 e. The first kappa shape index (κ1) is 39.1. The number of carbonyl (C=O) groups excluding carboxylic acids is 1. The first-order valence-corrected chi connectivity index (χ1v) is 22.3. The van der Waals surface area contributed by atoms with Gasteiger partial charge < -0.3 is 13.6 Å². The van der Waals surface area contributed by atoms with Crippen LogP contribution in [0.3, 0.4) is 0 Å². The number of esters is 1. The fourth-order valence-corrected chi connectivity index (χ4v) is 7.94. The minimum absolute atomic E-state index is 0.00733. The van der Waals surface area contributed by atoms with Crippen molar-refractivity contribution in [1.82, 2.24) is 0 Å². The highest BCUT2D eigenvalue weighted by Gasteiger charge is 2.45. The van der Waals surface area contributed by atoms with Crippen molar-refractivity contribution in [2.75, 3.05) is 7.11 Å². The summed E-state index contributed by atoms with van der Waals surface area (Å²) < 4.78 is 20.1. The van der Waals surface area contributed by atoms with E-state index >= 15 is 0 Å². The molecule has 0 aliphatic heterocycles. The van der Waals surface area contributed by atoms with Crippen molar-refractivity contribution >= 4 is 38.5 Å². The van der Waals surface area contributed by atoms with Crippen molar-refractivity contribution < 1.29 is 18.4 Å². The Kier molecular flexibility index (Phi) is 15.3. The molecular formula is C35H61BrO4Si2. The first-order valence-electron chi connectivity index (χ1n) is 15.7. The van der Waals surface area contributed by atoms with Crippen molar-refractivity contribution in [1.29, 1.82) is 0 Å². The zero-order valence-corrected chi connectivity index (χ0v) is 32.7. The fraction of sp³-hybridized carbons (Fsp3) is 0.743. The maximum Gasteiger partial charge on any atom is 0.305 e. The van der Waals surface area contributed by atoms with Gasteiger partial charge in [0.25, 0.3) is 0 Å². The molecule has 0 radical (unpaired) electrons. The lowest BCUT2D eigenvalue weighted by Gasteiger charge is -2.41. The molecule has 1 aliphatic rings.